The highest BCUT2D eigenvalue weighted by Gasteiger charge is 2.13. The van der Waals surface area contributed by atoms with Gasteiger partial charge in [-0.25, -0.2) is 0 Å². The Hall–Kier alpha value is -2.49. The van der Waals surface area contributed by atoms with Crippen LogP contribution in [0.4, 0.5) is 0 Å². The van der Waals surface area contributed by atoms with E-state index < -0.39 is 0 Å². The predicted molar refractivity (Wildman–Crippen MR) is 89.5 cm³/mol. The average molecular weight is 314 g/mol. The van der Waals surface area contributed by atoms with Crippen molar-refractivity contribution in [2.75, 3.05) is 14.2 Å². The summed E-state index contributed by atoms with van der Waals surface area (Å²) in [7, 11) is 3.15. The predicted octanol–water partition coefficient (Wildman–Crippen LogP) is 3.78. The van der Waals surface area contributed by atoms with Gasteiger partial charge < -0.3 is 14.2 Å². The Morgan fingerprint density at radius 3 is 2.09 bits per heavy atom. The fraction of sp³-hybridized carbons (Fsp3) is 0.316. The maximum absolute atomic E-state index is 12.2. The third-order valence-electron chi connectivity index (χ3n) is 3.62. The van der Waals surface area contributed by atoms with Crippen molar-refractivity contribution in [1.82, 2.24) is 0 Å². The molecule has 23 heavy (non-hydrogen) atoms. The third-order valence-corrected chi connectivity index (χ3v) is 3.62. The van der Waals surface area contributed by atoms with E-state index in [-0.39, 0.29) is 12.4 Å². The van der Waals surface area contributed by atoms with E-state index in [1.165, 1.54) is 0 Å². The molecule has 0 saturated carbocycles. The topological polar surface area (TPSA) is 44.8 Å². The molecule has 0 heterocycles. The van der Waals surface area contributed by atoms with Gasteiger partial charge in [0, 0.05) is 0 Å². The molecule has 0 aromatic heterocycles. The molecule has 0 radical (unpaired) electrons. The van der Waals surface area contributed by atoms with Crippen molar-refractivity contribution in [3.8, 4) is 17.2 Å². The van der Waals surface area contributed by atoms with E-state index in [9.17, 15) is 4.79 Å². The molecule has 0 bridgehead atoms. The minimum absolute atomic E-state index is 0.174. The van der Waals surface area contributed by atoms with E-state index in [2.05, 4.69) is 0 Å². The van der Waals surface area contributed by atoms with Crippen LogP contribution in [0.1, 0.15) is 22.3 Å². The molecule has 0 aliphatic heterocycles. The van der Waals surface area contributed by atoms with E-state index in [4.69, 9.17) is 14.2 Å². The maximum Gasteiger partial charge on any atom is 0.315 e. The number of carbonyl (C=O) groups excluding carboxylic acids is 1. The number of rotatable bonds is 5. The van der Waals surface area contributed by atoms with Gasteiger partial charge in [0.05, 0.1) is 20.6 Å². The van der Waals surface area contributed by atoms with Gasteiger partial charge in [-0.3, -0.25) is 4.79 Å². The summed E-state index contributed by atoms with van der Waals surface area (Å²) in [6.45, 7) is 5.91. The molecule has 0 fully saturated rings. The van der Waals surface area contributed by atoms with Crippen LogP contribution < -0.4 is 14.2 Å². The fourth-order valence-corrected chi connectivity index (χ4v) is 2.63. The zero-order chi connectivity index (χ0) is 17.0. The fourth-order valence-electron chi connectivity index (χ4n) is 2.63. The van der Waals surface area contributed by atoms with Crippen LogP contribution in [0.25, 0.3) is 0 Å². The summed E-state index contributed by atoms with van der Waals surface area (Å²) in [4.78, 5) is 12.2. The number of hydrogen-bond donors (Lipinski definition) is 0. The first-order valence-electron chi connectivity index (χ1n) is 7.44. The highest BCUT2D eigenvalue weighted by atomic mass is 16.5. The molecule has 0 amide bonds. The van der Waals surface area contributed by atoms with Crippen LogP contribution in [0.3, 0.4) is 0 Å². The Kier molecular flexibility index (Phi) is 5.27. The van der Waals surface area contributed by atoms with Crippen molar-refractivity contribution in [1.29, 1.82) is 0 Å². The lowest BCUT2D eigenvalue weighted by Gasteiger charge is -2.12. The first-order valence-corrected chi connectivity index (χ1v) is 7.44. The lowest BCUT2D eigenvalue weighted by Crippen LogP contribution is -2.13. The first-order chi connectivity index (χ1) is 10.9. The molecule has 0 N–H and O–H groups in total. The van der Waals surface area contributed by atoms with E-state index >= 15 is 0 Å². The molecule has 0 aliphatic rings. The van der Waals surface area contributed by atoms with Crippen LogP contribution in [0.15, 0.2) is 30.3 Å². The van der Waals surface area contributed by atoms with Crippen molar-refractivity contribution in [3.05, 3.63) is 52.6 Å². The molecule has 0 spiro atoms. The Bertz CT molecular complexity index is 696. The summed E-state index contributed by atoms with van der Waals surface area (Å²) in [6.07, 6.45) is 0.174. The van der Waals surface area contributed by atoms with Crippen LogP contribution in [0.5, 0.6) is 17.2 Å². The van der Waals surface area contributed by atoms with Crippen molar-refractivity contribution in [2.45, 2.75) is 27.2 Å². The maximum atomic E-state index is 12.2. The molecule has 4 nitrogen and oxygen atoms in total. The van der Waals surface area contributed by atoms with Crippen LogP contribution in [0.2, 0.25) is 0 Å². The van der Waals surface area contributed by atoms with Crippen molar-refractivity contribution in [2.24, 2.45) is 0 Å². The molecule has 122 valence electrons. The summed E-state index contributed by atoms with van der Waals surface area (Å²) >= 11 is 0. The van der Waals surface area contributed by atoms with E-state index in [1.807, 2.05) is 39.0 Å². The number of aryl methyl sites for hydroxylation is 3. The zero-order valence-corrected chi connectivity index (χ0v) is 14.2. The van der Waals surface area contributed by atoms with Gasteiger partial charge in [-0.1, -0.05) is 23.8 Å². The van der Waals surface area contributed by atoms with Gasteiger partial charge in [0.2, 0.25) is 0 Å². The molecule has 2 aromatic rings. The number of benzene rings is 2. The van der Waals surface area contributed by atoms with Gasteiger partial charge in [0.15, 0.2) is 11.5 Å². The average Bonchev–Trinajstić information content (AvgIpc) is 2.50. The SMILES string of the molecule is COc1ccc(CC(=O)Oc2c(C)cc(C)cc2C)cc1OC. The van der Waals surface area contributed by atoms with Gasteiger partial charge in [-0.2, -0.15) is 0 Å². The standard InChI is InChI=1S/C19H22O4/c1-12-8-13(2)19(14(3)9-12)23-18(20)11-15-6-7-16(21-4)17(10-15)22-5/h6-10H,11H2,1-5H3. The van der Waals surface area contributed by atoms with Crippen LogP contribution in [0, 0.1) is 20.8 Å². The molecule has 4 heteroatoms. The summed E-state index contributed by atoms with van der Waals surface area (Å²) in [6, 6.07) is 9.41. The minimum Gasteiger partial charge on any atom is -0.493 e. The summed E-state index contributed by atoms with van der Waals surface area (Å²) < 4.78 is 16.0. The third kappa shape index (κ3) is 4.03. The highest BCUT2D eigenvalue weighted by molar-refractivity contribution is 5.76. The molecule has 0 atom stereocenters. The van der Waals surface area contributed by atoms with E-state index in [0.29, 0.717) is 17.2 Å². The summed E-state index contributed by atoms with van der Waals surface area (Å²) in [5.74, 6) is 1.57. The van der Waals surface area contributed by atoms with E-state index in [1.54, 1.807) is 26.4 Å². The Morgan fingerprint density at radius 1 is 0.913 bits per heavy atom. The molecule has 2 aromatic carbocycles. The van der Waals surface area contributed by atoms with Crippen molar-refractivity contribution < 1.29 is 19.0 Å². The summed E-state index contributed by atoms with van der Waals surface area (Å²) in [5, 5.41) is 0. The van der Waals surface area contributed by atoms with Crippen LogP contribution in [-0.2, 0) is 11.2 Å². The zero-order valence-electron chi connectivity index (χ0n) is 14.2. The second-order valence-corrected chi connectivity index (χ2v) is 5.57. The van der Waals surface area contributed by atoms with Gasteiger partial charge >= 0.3 is 5.97 Å². The normalized spacial score (nSPS) is 10.3. The number of ether oxygens (including phenoxy) is 3. The molecular weight excluding hydrogens is 292 g/mol. The van der Waals surface area contributed by atoms with Gasteiger partial charge in [-0.05, 0) is 49.6 Å². The number of esters is 1. The number of carbonyl (C=O) groups is 1. The number of methoxy groups -OCH3 is 2. The Labute approximate surface area is 137 Å². The molecular formula is C19H22O4. The smallest absolute Gasteiger partial charge is 0.315 e. The molecule has 0 aliphatic carbocycles. The van der Waals surface area contributed by atoms with Crippen molar-refractivity contribution >= 4 is 5.97 Å². The van der Waals surface area contributed by atoms with Gasteiger partial charge in [0.1, 0.15) is 5.75 Å². The lowest BCUT2D eigenvalue weighted by atomic mass is 10.1. The first kappa shape index (κ1) is 16.9. The second kappa shape index (κ2) is 7.18. The highest BCUT2D eigenvalue weighted by Crippen LogP contribution is 2.28. The minimum atomic E-state index is -0.299. The van der Waals surface area contributed by atoms with Crippen LogP contribution in [-0.4, -0.2) is 20.2 Å². The lowest BCUT2D eigenvalue weighted by molar-refractivity contribution is -0.133. The Balaban J connectivity index is 2.14. The monoisotopic (exact) mass is 314 g/mol. The van der Waals surface area contributed by atoms with Gasteiger partial charge in [0.25, 0.3) is 0 Å². The van der Waals surface area contributed by atoms with E-state index in [0.717, 1.165) is 22.3 Å². The van der Waals surface area contributed by atoms with Crippen molar-refractivity contribution in [3.63, 3.8) is 0 Å². The van der Waals surface area contributed by atoms with Gasteiger partial charge in [-0.15, -0.1) is 0 Å². The largest absolute Gasteiger partial charge is 0.493 e. The second-order valence-electron chi connectivity index (χ2n) is 5.57. The quantitative estimate of drug-likeness (QED) is 0.622. The molecule has 0 unspecified atom stereocenters. The molecule has 0 saturated heterocycles. The van der Waals surface area contributed by atoms with Crippen LogP contribution >= 0.6 is 0 Å². The molecule has 2 rings (SSSR count). The Morgan fingerprint density at radius 2 is 1.52 bits per heavy atom. The summed E-state index contributed by atoms with van der Waals surface area (Å²) in [5.41, 5.74) is 3.89. The number of hydrogen-bond acceptors (Lipinski definition) is 4.